The van der Waals surface area contributed by atoms with Crippen molar-refractivity contribution in [2.45, 2.75) is 24.9 Å². The van der Waals surface area contributed by atoms with E-state index >= 15 is 0 Å². The van der Waals surface area contributed by atoms with Crippen LogP contribution in [0.15, 0.2) is 24.3 Å². The van der Waals surface area contributed by atoms with Crippen LogP contribution in [0.3, 0.4) is 0 Å². The number of nitrogens with zero attached hydrogens (tertiary/aromatic N) is 1. The van der Waals surface area contributed by atoms with Gasteiger partial charge in [-0.1, -0.05) is 12.1 Å². The number of carboxylic acid groups (broad SMARTS) is 1. The van der Waals surface area contributed by atoms with E-state index in [1.165, 1.54) is 0 Å². The summed E-state index contributed by atoms with van der Waals surface area (Å²) in [7, 11) is 0. The summed E-state index contributed by atoms with van der Waals surface area (Å²) in [6.45, 7) is 1.53. The summed E-state index contributed by atoms with van der Waals surface area (Å²) < 4.78 is 0. The maximum absolute atomic E-state index is 12.1. The number of carboxylic acids is 1. The zero-order valence-corrected chi connectivity index (χ0v) is 13.1. The molecular formula is C16H20N2O3S. The Morgan fingerprint density at radius 1 is 1.27 bits per heavy atom. The third-order valence-corrected chi connectivity index (χ3v) is 4.96. The Morgan fingerprint density at radius 2 is 2.00 bits per heavy atom. The fourth-order valence-electron chi connectivity index (χ4n) is 2.69. The molecule has 1 aliphatic carbocycles. The molecule has 22 heavy (non-hydrogen) atoms. The number of amides is 1. The molecule has 6 heteroatoms. The standard InChI is InChI=1S/C16H20N2O3S/c19-15(17-13-4-5-13)12-3-1-2-11(10-12)14(16(20)21)18-6-8-22-9-7-18/h1-3,10,13-14H,4-9H2,(H,17,19)(H,20,21)/t14-/m1/s1. The highest BCUT2D eigenvalue weighted by Gasteiger charge is 2.29. The van der Waals surface area contributed by atoms with Gasteiger partial charge in [-0.2, -0.15) is 11.8 Å². The van der Waals surface area contributed by atoms with Gasteiger partial charge in [0, 0.05) is 36.2 Å². The molecule has 5 nitrogen and oxygen atoms in total. The summed E-state index contributed by atoms with van der Waals surface area (Å²) in [5.74, 6) is 0.936. The van der Waals surface area contributed by atoms with Crippen molar-refractivity contribution in [3.63, 3.8) is 0 Å². The summed E-state index contributed by atoms with van der Waals surface area (Å²) in [5, 5.41) is 12.6. The lowest BCUT2D eigenvalue weighted by molar-refractivity contribution is -0.143. The zero-order valence-electron chi connectivity index (χ0n) is 12.3. The van der Waals surface area contributed by atoms with E-state index in [1.54, 1.807) is 24.3 Å². The van der Waals surface area contributed by atoms with Crippen LogP contribution < -0.4 is 5.32 Å². The van der Waals surface area contributed by atoms with Crippen molar-refractivity contribution >= 4 is 23.6 Å². The number of hydrogen-bond donors (Lipinski definition) is 2. The molecule has 2 fully saturated rings. The first-order valence-electron chi connectivity index (χ1n) is 7.60. The number of benzene rings is 1. The third kappa shape index (κ3) is 3.62. The van der Waals surface area contributed by atoms with Gasteiger partial charge in [-0.15, -0.1) is 0 Å². The maximum atomic E-state index is 12.1. The van der Waals surface area contributed by atoms with Crippen LogP contribution in [0.25, 0.3) is 0 Å². The summed E-state index contributed by atoms with van der Waals surface area (Å²) in [6, 6.07) is 6.66. The molecule has 0 bridgehead atoms. The molecule has 2 N–H and O–H groups in total. The van der Waals surface area contributed by atoms with Gasteiger partial charge in [0.2, 0.25) is 0 Å². The lowest BCUT2D eigenvalue weighted by atomic mass is 10.0. The molecule has 118 valence electrons. The molecule has 3 rings (SSSR count). The van der Waals surface area contributed by atoms with Gasteiger partial charge in [0.05, 0.1) is 0 Å². The van der Waals surface area contributed by atoms with E-state index < -0.39 is 12.0 Å². The number of carbonyl (C=O) groups is 2. The van der Waals surface area contributed by atoms with Gasteiger partial charge >= 0.3 is 5.97 Å². The van der Waals surface area contributed by atoms with Crippen LogP contribution >= 0.6 is 11.8 Å². The van der Waals surface area contributed by atoms with Crippen molar-refractivity contribution in [2.24, 2.45) is 0 Å². The first-order chi connectivity index (χ1) is 10.6. The van der Waals surface area contributed by atoms with Crippen molar-refractivity contribution in [3.05, 3.63) is 35.4 Å². The van der Waals surface area contributed by atoms with Gasteiger partial charge < -0.3 is 10.4 Å². The molecule has 1 heterocycles. The maximum Gasteiger partial charge on any atom is 0.325 e. The molecule has 1 aromatic carbocycles. The van der Waals surface area contributed by atoms with Gasteiger partial charge in [-0.05, 0) is 30.5 Å². The fourth-order valence-corrected chi connectivity index (χ4v) is 3.62. The predicted molar refractivity (Wildman–Crippen MR) is 86.2 cm³/mol. The molecule has 0 unspecified atom stereocenters. The van der Waals surface area contributed by atoms with Crippen LogP contribution in [-0.4, -0.2) is 52.5 Å². The average Bonchev–Trinajstić information content (AvgIpc) is 3.32. The Labute approximate surface area is 134 Å². The Hall–Kier alpha value is -1.53. The van der Waals surface area contributed by atoms with Crippen molar-refractivity contribution in [3.8, 4) is 0 Å². The minimum absolute atomic E-state index is 0.109. The number of rotatable bonds is 5. The minimum atomic E-state index is -0.855. The molecule has 1 amide bonds. The smallest absolute Gasteiger partial charge is 0.325 e. The second-order valence-electron chi connectivity index (χ2n) is 5.76. The van der Waals surface area contributed by atoms with Crippen molar-refractivity contribution in [2.75, 3.05) is 24.6 Å². The summed E-state index contributed by atoms with van der Waals surface area (Å²) >= 11 is 1.85. The summed E-state index contributed by atoms with van der Waals surface area (Å²) in [6.07, 6.45) is 2.07. The molecule has 0 spiro atoms. The molecule has 0 aromatic heterocycles. The van der Waals surface area contributed by atoms with E-state index in [0.29, 0.717) is 17.2 Å². The zero-order chi connectivity index (χ0) is 15.5. The van der Waals surface area contributed by atoms with Gasteiger partial charge in [0.1, 0.15) is 6.04 Å². The second kappa shape index (κ2) is 6.71. The Bertz CT molecular complexity index is 568. The monoisotopic (exact) mass is 320 g/mol. The quantitative estimate of drug-likeness (QED) is 0.865. The Morgan fingerprint density at radius 3 is 2.64 bits per heavy atom. The molecule has 2 aliphatic rings. The topological polar surface area (TPSA) is 69.6 Å². The highest BCUT2D eigenvalue weighted by Crippen LogP contribution is 2.26. The van der Waals surface area contributed by atoms with Crippen molar-refractivity contribution in [1.29, 1.82) is 0 Å². The van der Waals surface area contributed by atoms with Crippen LogP contribution in [-0.2, 0) is 4.79 Å². The lowest BCUT2D eigenvalue weighted by Crippen LogP contribution is -2.39. The number of hydrogen-bond acceptors (Lipinski definition) is 4. The predicted octanol–water partition coefficient (Wildman–Crippen LogP) is 1.75. The number of carbonyl (C=O) groups excluding carboxylic acids is 1. The average molecular weight is 320 g/mol. The Kier molecular flexibility index (Phi) is 4.69. The highest BCUT2D eigenvalue weighted by atomic mass is 32.2. The molecule has 1 saturated heterocycles. The van der Waals surface area contributed by atoms with E-state index in [2.05, 4.69) is 5.32 Å². The summed E-state index contributed by atoms with van der Waals surface area (Å²) in [4.78, 5) is 25.8. The van der Waals surface area contributed by atoms with Crippen LogP contribution in [0.1, 0.15) is 34.8 Å². The minimum Gasteiger partial charge on any atom is -0.480 e. The lowest BCUT2D eigenvalue weighted by Gasteiger charge is -2.32. The fraction of sp³-hybridized carbons (Fsp3) is 0.500. The van der Waals surface area contributed by atoms with E-state index in [9.17, 15) is 14.7 Å². The van der Waals surface area contributed by atoms with Gasteiger partial charge in [-0.25, -0.2) is 0 Å². The van der Waals surface area contributed by atoms with Crippen molar-refractivity contribution < 1.29 is 14.7 Å². The SMILES string of the molecule is O=C(NC1CC1)c1cccc([C@H](C(=O)O)N2CCSCC2)c1. The van der Waals surface area contributed by atoms with E-state index in [0.717, 1.165) is 37.4 Å². The highest BCUT2D eigenvalue weighted by molar-refractivity contribution is 7.99. The number of nitrogens with one attached hydrogen (secondary N) is 1. The first-order valence-corrected chi connectivity index (χ1v) is 8.76. The van der Waals surface area contributed by atoms with Gasteiger partial charge in [0.25, 0.3) is 5.91 Å². The molecule has 0 radical (unpaired) electrons. The molecule has 1 aliphatic heterocycles. The van der Waals surface area contributed by atoms with Crippen LogP contribution in [0.4, 0.5) is 0 Å². The van der Waals surface area contributed by atoms with E-state index in [4.69, 9.17) is 0 Å². The third-order valence-electron chi connectivity index (χ3n) is 4.02. The largest absolute Gasteiger partial charge is 0.480 e. The first kappa shape index (κ1) is 15.4. The molecule has 1 atom stereocenters. The van der Waals surface area contributed by atoms with Crippen LogP contribution in [0.2, 0.25) is 0 Å². The van der Waals surface area contributed by atoms with Gasteiger partial charge in [0.15, 0.2) is 0 Å². The van der Waals surface area contributed by atoms with Crippen LogP contribution in [0, 0.1) is 0 Å². The molecule has 1 saturated carbocycles. The number of aliphatic carboxylic acids is 1. The molecule has 1 aromatic rings. The second-order valence-corrected chi connectivity index (χ2v) is 6.99. The normalized spacial score (nSPS) is 20.4. The van der Waals surface area contributed by atoms with Gasteiger partial charge in [-0.3, -0.25) is 14.5 Å². The summed E-state index contributed by atoms with van der Waals surface area (Å²) in [5.41, 5.74) is 1.23. The van der Waals surface area contributed by atoms with E-state index in [1.807, 2.05) is 16.7 Å². The van der Waals surface area contributed by atoms with Crippen molar-refractivity contribution in [1.82, 2.24) is 10.2 Å². The molecular weight excluding hydrogens is 300 g/mol. The Balaban J connectivity index is 1.80. The van der Waals surface area contributed by atoms with E-state index in [-0.39, 0.29) is 5.91 Å². The van der Waals surface area contributed by atoms with Crippen LogP contribution in [0.5, 0.6) is 0 Å². The number of thioether (sulfide) groups is 1.